The number of rotatable bonds is 16. The highest BCUT2D eigenvalue weighted by Gasteiger charge is 2.01. The minimum atomic E-state index is 0.436. The first kappa shape index (κ1) is 19.8. The van der Waals surface area contributed by atoms with E-state index in [4.69, 9.17) is 18.9 Å². The molecule has 0 aromatic carbocycles. The van der Waals surface area contributed by atoms with Gasteiger partial charge in [0.1, 0.15) is 0 Å². The summed E-state index contributed by atoms with van der Waals surface area (Å²) in [7, 11) is 1.96. The Bertz CT molecular complexity index is 177. The van der Waals surface area contributed by atoms with Gasteiger partial charge in [0.2, 0.25) is 0 Å². The van der Waals surface area contributed by atoms with Crippen LogP contribution in [0.15, 0.2) is 0 Å². The van der Waals surface area contributed by atoms with Gasteiger partial charge in [-0.3, -0.25) is 0 Å². The largest absolute Gasteiger partial charge is 0.379 e. The van der Waals surface area contributed by atoms with E-state index in [2.05, 4.69) is 19.2 Å². The molecule has 1 atom stereocenters. The average molecular weight is 291 g/mol. The van der Waals surface area contributed by atoms with Gasteiger partial charge in [-0.15, -0.1) is 0 Å². The first-order chi connectivity index (χ1) is 9.85. The molecule has 0 fully saturated rings. The highest BCUT2D eigenvalue weighted by atomic mass is 16.6. The number of hydrogen-bond acceptors (Lipinski definition) is 5. The van der Waals surface area contributed by atoms with Gasteiger partial charge in [0.05, 0.1) is 46.2 Å². The number of hydrogen-bond donors (Lipinski definition) is 1. The second kappa shape index (κ2) is 16.9. The van der Waals surface area contributed by atoms with Crippen molar-refractivity contribution in [3.8, 4) is 0 Å². The third-order valence-corrected chi connectivity index (χ3v) is 2.98. The smallest absolute Gasteiger partial charge is 0.0701 e. The van der Waals surface area contributed by atoms with Gasteiger partial charge in [-0.05, 0) is 19.9 Å². The van der Waals surface area contributed by atoms with Gasteiger partial charge in [-0.25, -0.2) is 0 Å². The molecule has 0 spiro atoms. The standard InChI is InChI=1S/C15H33NO4/c1-4-6-7-17-8-9-18-10-11-19-12-13-20-14-15(5-2)16-3/h15-16H,4-14H2,1-3H3. The Hall–Kier alpha value is -0.200. The summed E-state index contributed by atoms with van der Waals surface area (Å²) in [6.45, 7) is 9.67. The van der Waals surface area contributed by atoms with Crippen molar-refractivity contribution >= 4 is 0 Å². The van der Waals surface area contributed by atoms with Gasteiger partial charge in [0, 0.05) is 12.6 Å². The van der Waals surface area contributed by atoms with Crippen LogP contribution in [0.25, 0.3) is 0 Å². The lowest BCUT2D eigenvalue weighted by Crippen LogP contribution is -2.30. The fraction of sp³-hybridized carbons (Fsp3) is 1.00. The van der Waals surface area contributed by atoms with Gasteiger partial charge in [-0.1, -0.05) is 20.3 Å². The summed E-state index contributed by atoms with van der Waals surface area (Å²) in [6.07, 6.45) is 3.37. The molecule has 0 saturated carbocycles. The highest BCUT2D eigenvalue weighted by Crippen LogP contribution is 1.91. The fourth-order valence-corrected chi connectivity index (χ4v) is 1.54. The van der Waals surface area contributed by atoms with Crippen LogP contribution in [-0.4, -0.2) is 65.9 Å². The monoisotopic (exact) mass is 291 g/mol. The van der Waals surface area contributed by atoms with Crippen molar-refractivity contribution in [1.82, 2.24) is 5.32 Å². The van der Waals surface area contributed by atoms with Crippen LogP contribution in [0.4, 0.5) is 0 Å². The minimum absolute atomic E-state index is 0.436. The molecule has 0 aromatic heterocycles. The van der Waals surface area contributed by atoms with E-state index < -0.39 is 0 Å². The maximum Gasteiger partial charge on any atom is 0.0701 e. The lowest BCUT2D eigenvalue weighted by atomic mass is 10.2. The zero-order chi connectivity index (χ0) is 14.9. The molecular formula is C15H33NO4. The molecule has 0 aliphatic heterocycles. The first-order valence-electron chi connectivity index (χ1n) is 7.83. The van der Waals surface area contributed by atoms with E-state index in [0.29, 0.717) is 45.7 Å². The van der Waals surface area contributed by atoms with Crippen LogP contribution in [0.3, 0.4) is 0 Å². The SMILES string of the molecule is CCCCOCCOCCOCCOCC(CC)NC. The van der Waals surface area contributed by atoms with Gasteiger partial charge in [0.25, 0.3) is 0 Å². The normalized spacial score (nSPS) is 12.8. The zero-order valence-electron chi connectivity index (χ0n) is 13.5. The quantitative estimate of drug-likeness (QED) is 0.440. The van der Waals surface area contributed by atoms with Crippen molar-refractivity contribution in [2.75, 3.05) is 59.9 Å². The molecule has 1 unspecified atom stereocenters. The van der Waals surface area contributed by atoms with Crippen molar-refractivity contribution in [3.05, 3.63) is 0 Å². The number of nitrogens with one attached hydrogen (secondary N) is 1. The van der Waals surface area contributed by atoms with E-state index in [1.807, 2.05) is 7.05 Å². The van der Waals surface area contributed by atoms with Gasteiger partial charge in [-0.2, -0.15) is 0 Å². The molecule has 0 aliphatic carbocycles. The van der Waals surface area contributed by atoms with Crippen LogP contribution >= 0.6 is 0 Å². The number of ether oxygens (including phenoxy) is 4. The summed E-state index contributed by atoms with van der Waals surface area (Å²) in [5.41, 5.74) is 0. The maximum absolute atomic E-state index is 5.51. The van der Waals surface area contributed by atoms with E-state index in [1.165, 1.54) is 6.42 Å². The van der Waals surface area contributed by atoms with E-state index in [1.54, 1.807) is 0 Å². The molecule has 0 saturated heterocycles. The van der Waals surface area contributed by atoms with Crippen LogP contribution in [0.2, 0.25) is 0 Å². The fourth-order valence-electron chi connectivity index (χ4n) is 1.54. The van der Waals surface area contributed by atoms with E-state index in [-0.39, 0.29) is 0 Å². The molecule has 0 heterocycles. The summed E-state index contributed by atoms with van der Waals surface area (Å²) in [5.74, 6) is 0. The van der Waals surface area contributed by atoms with Crippen molar-refractivity contribution in [2.24, 2.45) is 0 Å². The van der Waals surface area contributed by atoms with E-state index >= 15 is 0 Å². The van der Waals surface area contributed by atoms with Crippen LogP contribution < -0.4 is 5.32 Å². The number of unbranched alkanes of at least 4 members (excludes halogenated alkanes) is 1. The Kier molecular flexibility index (Phi) is 16.7. The molecule has 20 heavy (non-hydrogen) atoms. The summed E-state index contributed by atoms with van der Waals surface area (Å²) >= 11 is 0. The predicted molar refractivity (Wildman–Crippen MR) is 81.3 cm³/mol. The first-order valence-corrected chi connectivity index (χ1v) is 7.83. The molecule has 0 aliphatic rings. The maximum atomic E-state index is 5.51. The predicted octanol–water partition coefficient (Wildman–Crippen LogP) is 1.85. The minimum Gasteiger partial charge on any atom is -0.379 e. The van der Waals surface area contributed by atoms with Crippen LogP contribution in [-0.2, 0) is 18.9 Å². The van der Waals surface area contributed by atoms with Crippen LogP contribution in [0.5, 0.6) is 0 Å². The lowest BCUT2D eigenvalue weighted by Gasteiger charge is -2.13. The third-order valence-electron chi connectivity index (χ3n) is 2.98. The Balaban J connectivity index is 3.02. The molecule has 0 amide bonds. The molecule has 5 heteroatoms. The van der Waals surface area contributed by atoms with Gasteiger partial charge >= 0.3 is 0 Å². The average Bonchev–Trinajstić information content (AvgIpc) is 2.48. The van der Waals surface area contributed by atoms with Gasteiger partial charge < -0.3 is 24.3 Å². The summed E-state index contributed by atoms with van der Waals surface area (Å²) in [6, 6.07) is 0.436. The van der Waals surface area contributed by atoms with Crippen molar-refractivity contribution in [3.63, 3.8) is 0 Å². The van der Waals surface area contributed by atoms with E-state index in [0.717, 1.165) is 26.1 Å². The molecule has 0 rings (SSSR count). The molecule has 0 aromatic rings. The summed E-state index contributed by atoms with van der Waals surface area (Å²) in [4.78, 5) is 0. The Morgan fingerprint density at radius 2 is 1.25 bits per heavy atom. The topological polar surface area (TPSA) is 49.0 Å². The highest BCUT2D eigenvalue weighted by molar-refractivity contribution is 4.59. The van der Waals surface area contributed by atoms with Crippen molar-refractivity contribution < 1.29 is 18.9 Å². The molecule has 0 bridgehead atoms. The van der Waals surface area contributed by atoms with Crippen molar-refractivity contribution in [1.29, 1.82) is 0 Å². The summed E-state index contributed by atoms with van der Waals surface area (Å²) < 4.78 is 21.7. The van der Waals surface area contributed by atoms with Crippen molar-refractivity contribution in [2.45, 2.75) is 39.2 Å². The molecule has 5 nitrogen and oxygen atoms in total. The Morgan fingerprint density at radius 1 is 0.750 bits per heavy atom. The second-order valence-electron chi connectivity index (χ2n) is 4.66. The third kappa shape index (κ3) is 14.2. The van der Waals surface area contributed by atoms with Crippen LogP contribution in [0, 0.1) is 0 Å². The van der Waals surface area contributed by atoms with Crippen LogP contribution in [0.1, 0.15) is 33.1 Å². The van der Waals surface area contributed by atoms with E-state index in [9.17, 15) is 0 Å². The Morgan fingerprint density at radius 3 is 1.70 bits per heavy atom. The summed E-state index contributed by atoms with van der Waals surface area (Å²) in [5, 5.41) is 3.20. The Labute approximate surface area is 124 Å². The zero-order valence-corrected chi connectivity index (χ0v) is 13.5. The second-order valence-corrected chi connectivity index (χ2v) is 4.66. The molecule has 122 valence electrons. The molecule has 0 radical (unpaired) electrons. The molecule has 1 N–H and O–H groups in total. The van der Waals surface area contributed by atoms with Gasteiger partial charge in [0.15, 0.2) is 0 Å². The lowest BCUT2D eigenvalue weighted by molar-refractivity contribution is -0.00419. The molecular weight excluding hydrogens is 258 g/mol. The number of likely N-dealkylation sites (N-methyl/N-ethyl adjacent to an activating group) is 1.